The van der Waals surface area contributed by atoms with E-state index in [1.807, 2.05) is 0 Å². The van der Waals surface area contributed by atoms with Crippen molar-refractivity contribution in [3.63, 3.8) is 0 Å². The highest BCUT2D eigenvalue weighted by Crippen LogP contribution is 2.30. The van der Waals surface area contributed by atoms with E-state index in [9.17, 15) is 8.42 Å². The number of halogens is 2. The van der Waals surface area contributed by atoms with Crippen LogP contribution in [0.4, 0.5) is 5.69 Å². The minimum atomic E-state index is -3.54. The molecule has 0 spiro atoms. The third-order valence-corrected chi connectivity index (χ3v) is 4.77. The van der Waals surface area contributed by atoms with Crippen molar-refractivity contribution in [3.05, 3.63) is 29.3 Å². The van der Waals surface area contributed by atoms with Crippen molar-refractivity contribution in [2.45, 2.75) is 19.1 Å². The van der Waals surface area contributed by atoms with Crippen LogP contribution in [-0.2, 0) is 10.0 Å². The summed E-state index contributed by atoms with van der Waals surface area (Å²) in [6.07, 6.45) is 0. The summed E-state index contributed by atoms with van der Waals surface area (Å²) < 4.78 is 24.1. The molecule has 84 valence electrons. The summed E-state index contributed by atoms with van der Waals surface area (Å²) in [5.74, 6) is 0. The van der Waals surface area contributed by atoms with E-state index in [-0.39, 0.29) is 5.69 Å². The second-order valence-electron chi connectivity index (χ2n) is 3.26. The van der Waals surface area contributed by atoms with Crippen LogP contribution in [0.25, 0.3) is 0 Å². The molecule has 0 saturated heterocycles. The van der Waals surface area contributed by atoms with Crippen molar-refractivity contribution in [1.29, 1.82) is 0 Å². The first-order valence-electron chi connectivity index (χ1n) is 4.32. The van der Waals surface area contributed by atoms with Crippen LogP contribution in [0.3, 0.4) is 0 Å². The predicted octanol–water partition coefficient (Wildman–Crippen LogP) is 3.04. The average Bonchev–Trinajstić information content (AvgIpc) is 2.17. The molecule has 0 saturated carbocycles. The summed E-state index contributed by atoms with van der Waals surface area (Å²) in [5.41, 5.74) is 0.273. The van der Waals surface area contributed by atoms with Gasteiger partial charge in [0.1, 0.15) is 0 Å². The van der Waals surface area contributed by atoms with Crippen molar-refractivity contribution in [3.8, 4) is 0 Å². The van der Waals surface area contributed by atoms with Gasteiger partial charge in [-0.05, 0) is 26.0 Å². The number of nitrogens with zero attached hydrogens (tertiary/aromatic N) is 1. The molecule has 15 heavy (non-hydrogen) atoms. The first kappa shape index (κ1) is 12.6. The third kappa shape index (κ3) is 2.56. The van der Waals surface area contributed by atoms with Gasteiger partial charge in [0.05, 0.1) is 16.0 Å². The van der Waals surface area contributed by atoms with Crippen LogP contribution in [0.1, 0.15) is 13.8 Å². The van der Waals surface area contributed by atoms with Crippen LogP contribution in [0.5, 0.6) is 0 Å². The Kier molecular flexibility index (Phi) is 3.87. The van der Waals surface area contributed by atoms with Crippen LogP contribution in [0.15, 0.2) is 24.3 Å². The maximum absolute atomic E-state index is 11.7. The largest absolute Gasteiger partial charge is 0.251 e. The Balaban J connectivity index is 3.17. The minimum Gasteiger partial charge on any atom is -0.205 e. The lowest BCUT2D eigenvalue weighted by Gasteiger charge is -2.19. The topological polar surface area (TPSA) is 37.4 Å². The lowest BCUT2D eigenvalue weighted by Crippen LogP contribution is -2.29. The van der Waals surface area contributed by atoms with Gasteiger partial charge in [-0.25, -0.2) is 8.42 Å². The smallest absolute Gasteiger partial charge is 0.205 e. The zero-order valence-corrected chi connectivity index (χ0v) is 10.6. The van der Waals surface area contributed by atoms with Crippen molar-refractivity contribution >= 4 is 39.1 Å². The first-order chi connectivity index (χ1) is 6.87. The number of benzene rings is 1. The lowest BCUT2D eigenvalue weighted by atomic mass is 10.3. The molecule has 6 heteroatoms. The maximum Gasteiger partial charge on any atom is 0.251 e. The van der Waals surface area contributed by atoms with E-state index in [1.54, 1.807) is 38.1 Å². The molecule has 0 aliphatic heterocycles. The Bertz CT molecular complexity index is 445. The molecule has 0 amide bonds. The van der Waals surface area contributed by atoms with Gasteiger partial charge in [-0.3, -0.25) is 0 Å². The molecular weight excluding hydrogens is 257 g/mol. The van der Waals surface area contributed by atoms with Gasteiger partial charge in [-0.2, -0.15) is 3.82 Å². The summed E-state index contributed by atoms with van der Waals surface area (Å²) in [6.45, 7) is 3.11. The van der Waals surface area contributed by atoms with Crippen molar-refractivity contribution in [2.24, 2.45) is 0 Å². The minimum absolute atomic E-state index is 0.273. The summed E-state index contributed by atoms with van der Waals surface area (Å²) >= 11 is 11.6. The molecule has 0 radical (unpaired) electrons. The number of para-hydroxylation sites is 1. The molecule has 0 aromatic heterocycles. The van der Waals surface area contributed by atoms with Gasteiger partial charge < -0.3 is 0 Å². The van der Waals surface area contributed by atoms with E-state index >= 15 is 0 Å². The Morgan fingerprint density at radius 1 is 1.27 bits per heavy atom. The molecule has 0 heterocycles. The molecule has 0 aliphatic carbocycles. The number of hydrogen-bond acceptors (Lipinski definition) is 2. The Morgan fingerprint density at radius 3 is 2.27 bits per heavy atom. The van der Waals surface area contributed by atoms with Gasteiger partial charge in [0.2, 0.25) is 0 Å². The molecule has 0 atom stereocenters. The zero-order chi connectivity index (χ0) is 11.6. The monoisotopic (exact) mass is 267 g/mol. The second-order valence-corrected chi connectivity index (χ2v) is 6.54. The van der Waals surface area contributed by atoms with Gasteiger partial charge in [-0.15, -0.1) is 0 Å². The van der Waals surface area contributed by atoms with Gasteiger partial charge in [0.25, 0.3) is 10.0 Å². The molecule has 0 bridgehead atoms. The highest BCUT2D eigenvalue weighted by Gasteiger charge is 2.26. The normalized spacial score (nSPS) is 11.8. The number of sulfonamides is 1. The fraction of sp³-hybridized carbons (Fsp3) is 0.333. The zero-order valence-electron chi connectivity index (χ0n) is 8.31. The molecule has 0 N–H and O–H groups in total. The molecule has 0 unspecified atom stereocenters. The molecule has 0 fully saturated rings. The summed E-state index contributed by atoms with van der Waals surface area (Å²) in [6, 6.07) is 6.52. The number of hydrogen-bond donors (Lipinski definition) is 0. The van der Waals surface area contributed by atoms with Gasteiger partial charge >= 0.3 is 0 Å². The molecule has 1 aromatic carbocycles. The van der Waals surface area contributed by atoms with Crippen LogP contribution in [0, 0.1) is 0 Å². The summed E-state index contributed by atoms with van der Waals surface area (Å²) in [7, 11) is -3.54. The van der Waals surface area contributed by atoms with E-state index in [4.69, 9.17) is 23.4 Å². The Hall–Kier alpha value is -0.450. The molecular formula is C9H11Cl2NO2S. The second kappa shape index (κ2) is 4.60. The Labute approximate surface area is 99.8 Å². The van der Waals surface area contributed by atoms with Gasteiger partial charge in [0, 0.05) is 11.8 Å². The maximum atomic E-state index is 11.7. The first-order valence-corrected chi connectivity index (χ1v) is 6.53. The highest BCUT2D eigenvalue weighted by molar-refractivity contribution is 7.94. The number of anilines is 1. The van der Waals surface area contributed by atoms with E-state index in [1.165, 1.54) is 0 Å². The molecule has 0 aliphatic rings. The van der Waals surface area contributed by atoms with Crippen LogP contribution >= 0.6 is 23.4 Å². The average molecular weight is 268 g/mol. The predicted molar refractivity (Wildman–Crippen MR) is 63.8 cm³/mol. The van der Waals surface area contributed by atoms with E-state index in [0.29, 0.717) is 8.85 Å². The standard InChI is InChI=1S/C9H11Cl2NO2S/c1-7(2)15(13,14)12(11)9-6-4-3-5-8(9)10/h3-7H,1-2H3. The summed E-state index contributed by atoms with van der Waals surface area (Å²) in [5, 5.41) is -0.289. The van der Waals surface area contributed by atoms with Crippen molar-refractivity contribution < 1.29 is 8.42 Å². The van der Waals surface area contributed by atoms with Gasteiger partial charge in [0.15, 0.2) is 0 Å². The van der Waals surface area contributed by atoms with Gasteiger partial charge in [-0.1, -0.05) is 23.7 Å². The van der Waals surface area contributed by atoms with E-state index in [0.717, 1.165) is 0 Å². The molecule has 3 nitrogen and oxygen atoms in total. The lowest BCUT2D eigenvalue weighted by molar-refractivity contribution is 0.589. The fourth-order valence-corrected chi connectivity index (χ4v) is 2.66. The highest BCUT2D eigenvalue weighted by atomic mass is 35.5. The van der Waals surface area contributed by atoms with Crippen LogP contribution < -0.4 is 3.82 Å². The third-order valence-electron chi connectivity index (χ3n) is 1.86. The Morgan fingerprint density at radius 2 is 1.80 bits per heavy atom. The van der Waals surface area contributed by atoms with Crippen molar-refractivity contribution in [1.82, 2.24) is 0 Å². The fourth-order valence-electron chi connectivity index (χ4n) is 0.916. The van der Waals surface area contributed by atoms with E-state index in [2.05, 4.69) is 0 Å². The van der Waals surface area contributed by atoms with Crippen LogP contribution in [0.2, 0.25) is 5.02 Å². The van der Waals surface area contributed by atoms with E-state index < -0.39 is 15.3 Å². The van der Waals surface area contributed by atoms with Crippen molar-refractivity contribution in [2.75, 3.05) is 3.82 Å². The SMILES string of the molecule is CC(C)S(=O)(=O)N(Cl)c1ccccc1Cl. The quantitative estimate of drug-likeness (QED) is 0.790. The molecule has 1 rings (SSSR count). The molecule has 1 aromatic rings. The summed E-state index contributed by atoms with van der Waals surface area (Å²) in [4.78, 5) is 0. The van der Waals surface area contributed by atoms with Crippen LogP contribution in [-0.4, -0.2) is 13.7 Å². The number of rotatable bonds is 3.